The Kier molecular flexibility index (Phi) is 7.11. The van der Waals surface area contributed by atoms with Crippen molar-refractivity contribution < 1.29 is 27.2 Å². The monoisotopic (exact) mass is 398 g/mol. The Bertz CT molecular complexity index is 929. The maximum atomic E-state index is 11.4. The number of likely N-dealkylation sites (N-methyl/N-ethyl adjacent to an activating group) is 1. The third kappa shape index (κ3) is 4.50. The molecule has 0 amide bonds. The van der Waals surface area contributed by atoms with Crippen LogP contribution in [0.3, 0.4) is 0 Å². The fourth-order valence-corrected chi connectivity index (χ4v) is 2.71. The molecule has 0 aliphatic rings. The van der Waals surface area contributed by atoms with Crippen molar-refractivity contribution in [2.24, 2.45) is 0 Å². The number of halogens is 2. The SMILES string of the molecule is C[N+](C)(O)CCNc1c2ccccc2nc2cccc([N+](=O)[O-])c12.Cl.[Cl-]. The number of benzene rings is 2. The van der Waals surface area contributed by atoms with E-state index in [1.54, 1.807) is 26.2 Å². The molecule has 0 unspecified atom stereocenters. The third-order valence-corrected chi connectivity index (χ3v) is 3.84. The predicted molar refractivity (Wildman–Crippen MR) is 100 cm³/mol. The summed E-state index contributed by atoms with van der Waals surface area (Å²) in [7, 11) is 3.35. The highest BCUT2D eigenvalue weighted by Gasteiger charge is 2.19. The first-order chi connectivity index (χ1) is 11.4. The number of nitro groups is 1. The van der Waals surface area contributed by atoms with Gasteiger partial charge in [-0.3, -0.25) is 10.1 Å². The van der Waals surface area contributed by atoms with E-state index in [9.17, 15) is 15.3 Å². The number of nitro benzene ring substituents is 1. The van der Waals surface area contributed by atoms with Gasteiger partial charge in [0.1, 0.15) is 11.9 Å². The second-order valence-electron chi connectivity index (χ2n) is 6.20. The van der Waals surface area contributed by atoms with Gasteiger partial charge in [0.05, 0.1) is 42.3 Å². The van der Waals surface area contributed by atoms with Crippen molar-refractivity contribution in [3.05, 3.63) is 52.6 Å². The first kappa shape index (κ1) is 21.9. The Morgan fingerprint density at radius 3 is 2.46 bits per heavy atom. The van der Waals surface area contributed by atoms with Crippen LogP contribution in [-0.2, 0) is 0 Å². The number of anilines is 1. The number of hydrogen-bond acceptors (Lipinski definition) is 5. The number of non-ortho nitro benzene ring substituents is 1. The normalized spacial score (nSPS) is 10.9. The van der Waals surface area contributed by atoms with Gasteiger partial charge < -0.3 is 17.7 Å². The number of hydroxylamine groups is 3. The van der Waals surface area contributed by atoms with E-state index in [4.69, 9.17) is 0 Å². The Labute approximate surface area is 163 Å². The summed E-state index contributed by atoms with van der Waals surface area (Å²) in [6, 6.07) is 12.4. The van der Waals surface area contributed by atoms with Gasteiger partial charge in [0.15, 0.2) is 0 Å². The average Bonchev–Trinajstić information content (AvgIpc) is 2.52. The lowest BCUT2D eigenvalue weighted by Gasteiger charge is -2.20. The Morgan fingerprint density at radius 2 is 1.81 bits per heavy atom. The number of hydrogen-bond donors (Lipinski definition) is 2. The molecule has 3 aromatic rings. The number of rotatable bonds is 5. The summed E-state index contributed by atoms with van der Waals surface area (Å²) in [5.74, 6) is 0. The maximum absolute atomic E-state index is 11.4. The molecule has 0 aliphatic carbocycles. The summed E-state index contributed by atoms with van der Waals surface area (Å²) in [5, 5.41) is 25.9. The van der Waals surface area contributed by atoms with Gasteiger partial charge in [-0.1, -0.05) is 24.3 Å². The van der Waals surface area contributed by atoms with Gasteiger partial charge >= 0.3 is 0 Å². The molecule has 1 aromatic heterocycles. The lowest BCUT2D eigenvalue weighted by Crippen LogP contribution is -3.00. The number of quaternary nitrogens is 1. The number of aromatic nitrogens is 1. The molecule has 2 N–H and O–H groups in total. The number of pyridine rings is 1. The molecule has 0 radical (unpaired) electrons. The van der Waals surface area contributed by atoms with Crippen LogP contribution >= 0.6 is 12.4 Å². The van der Waals surface area contributed by atoms with Gasteiger partial charge in [0.25, 0.3) is 5.69 Å². The standard InChI is InChI=1S/C17H19N4O3.2ClH/c1-21(2,24)11-10-18-17-12-6-3-4-7-13(12)19-14-8-5-9-15(16(14)17)20(22)23;;/h3-9,24H,10-11H2,1-2H3,(H,18,19);2*1H/q+1;;/p-1. The van der Waals surface area contributed by atoms with E-state index in [1.165, 1.54) is 6.07 Å². The summed E-state index contributed by atoms with van der Waals surface area (Å²) in [6.07, 6.45) is 0. The largest absolute Gasteiger partial charge is 1.00 e. The first-order valence-electron chi connectivity index (χ1n) is 7.62. The minimum absolute atomic E-state index is 0. The van der Waals surface area contributed by atoms with Gasteiger partial charge in [-0.25, -0.2) is 10.2 Å². The van der Waals surface area contributed by atoms with Crippen LogP contribution in [0, 0.1) is 10.1 Å². The number of nitrogens with one attached hydrogen (secondary N) is 1. The van der Waals surface area contributed by atoms with Gasteiger partial charge in [-0.05, 0) is 12.1 Å². The zero-order chi connectivity index (χ0) is 17.3. The molecule has 140 valence electrons. The van der Waals surface area contributed by atoms with E-state index in [-0.39, 0.29) is 35.1 Å². The molecule has 7 nitrogen and oxygen atoms in total. The second kappa shape index (κ2) is 8.46. The molecule has 0 saturated carbocycles. The van der Waals surface area contributed by atoms with Crippen molar-refractivity contribution >= 4 is 45.6 Å². The van der Waals surface area contributed by atoms with Crippen LogP contribution in [0.2, 0.25) is 0 Å². The summed E-state index contributed by atoms with van der Waals surface area (Å²) >= 11 is 0. The average molecular weight is 399 g/mol. The van der Waals surface area contributed by atoms with Gasteiger partial charge in [0.2, 0.25) is 0 Å². The molecule has 2 aromatic carbocycles. The number of nitrogens with zero attached hydrogens (tertiary/aromatic N) is 3. The summed E-state index contributed by atoms with van der Waals surface area (Å²) in [6.45, 7) is 0.928. The van der Waals surface area contributed by atoms with E-state index >= 15 is 0 Å². The zero-order valence-electron chi connectivity index (χ0n) is 14.3. The molecule has 26 heavy (non-hydrogen) atoms. The van der Waals surface area contributed by atoms with Crippen LogP contribution in [0.25, 0.3) is 21.8 Å². The van der Waals surface area contributed by atoms with Crippen molar-refractivity contribution in [1.82, 2.24) is 4.98 Å². The van der Waals surface area contributed by atoms with Gasteiger partial charge in [0, 0.05) is 11.5 Å². The summed E-state index contributed by atoms with van der Waals surface area (Å²) < 4.78 is -0.184. The summed E-state index contributed by atoms with van der Waals surface area (Å²) in [5.41, 5.74) is 2.04. The third-order valence-electron chi connectivity index (χ3n) is 3.84. The van der Waals surface area contributed by atoms with Crippen LogP contribution in [0.1, 0.15) is 0 Å². The van der Waals surface area contributed by atoms with E-state index in [0.29, 0.717) is 29.7 Å². The summed E-state index contributed by atoms with van der Waals surface area (Å²) in [4.78, 5) is 15.6. The zero-order valence-corrected chi connectivity index (χ0v) is 15.9. The van der Waals surface area contributed by atoms with E-state index in [0.717, 1.165) is 10.9 Å². The molecule has 0 spiro atoms. The second-order valence-corrected chi connectivity index (χ2v) is 6.20. The molecular weight excluding hydrogens is 379 g/mol. The highest BCUT2D eigenvalue weighted by atomic mass is 35.5. The smallest absolute Gasteiger partial charge is 0.280 e. The molecule has 0 saturated heterocycles. The highest BCUT2D eigenvalue weighted by Crippen LogP contribution is 2.36. The maximum Gasteiger partial charge on any atom is 0.280 e. The van der Waals surface area contributed by atoms with E-state index < -0.39 is 4.92 Å². The highest BCUT2D eigenvalue weighted by molar-refractivity contribution is 6.11. The molecule has 3 rings (SSSR count). The van der Waals surface area contributed by atoms with E-state index in [2.05, 4.69) is 10.3 Å². The van der Waals surface area contributed by atoms with Crippen LogP contribution < -0.4 is 17.7 Å². The van der Waals surface area contributed by atoms with Gasteiger partial charge in [-0.15, -0.1) is 12.4 Å². The fraction of sp³-hybridized carbons (Fsp3) is 0.235. The van der Waals surface area contributed by atoms with Crippen molar-refractivity contribution in [3.63, 3.8) is 0 Å². The number of para-hydroxylation sites is 1. The minimum atomic E-state index is -0.393. The van der Waals surface area contributed by atoms with Crippen molar-refractivity contribution in [1.29, 1.82) is 0 Å². The Balaban J connectivity index is 0.00000169. The van der Waals surface area contributed by atoms with Crippen LogP contribution in [0.4, 0.5) is 11.4 Å². The molecule has 0 aliphatic heterocycles. The Hall–Kier alpha value is -2.19. The number of fused-ring (bicyclic) bond motifs is 2. The van der Waals surface area contributed by atoms with Crippen LogP contribution in [0.5, 0.6) is 0 Å². The molecule has 1 heterocycles. The first-order valence-corrected chi connectivity index (χ1v) is 7.62. The minimum Gasteiger partial charge on any atom is -1.00 e. The molecular formula is C17H20Cl2N4O3. The quantitative estimate of drug-likeness (QED) is 0.284. The lowest BCUT2D eigenvalue weighted by molar-refractivity contribution is -1.07. The predicted octanol–water partition coefficient (Wildman–Crippen LogP) is 0.599. The molecule has 0 bridgehead atoms. The van der Waals surface area contributed by atoms with Crippen molar-refractivity contribution in [3.8, 4) is 0 Å². The van der Waals surface area contributed by atoms with E-state index in [1.807, 2.05) is 24.3 Å². The van der Waals surface area contributed by atoms with Crippen LogP contribution in [0.15, 0.2) is 42.5 Å². The topological polar surface area (TPSA) is 88.3 Å². The molecule has 0 fully saturated rings. The Morgan fingerprint density at radius 1 is 1.15 bits per heavy atom. The van der Waals surface area contributed by atoms with Gasteiger partial charge in [-0.2, -0.15) is 4.65 Å². The van der Waals surface area contributed by atoms with Crippen molar-refractivity contribution in [2.45, 2.75) is 0 Å². The lowest BCUT2D eigenvalue weighted by atomic mass is 10.1. The van der Waals surface area contributed by atoms with Crippen molar-refractivity contribution in [2.75, 3.05) is 32.5 Å². The van der Waals surface area contributed by atoms with Crippen LogP contribution in [-0.4, -0.2) is 46.9 Å². The molecule has 0 atom stereocenters. The fourth-order valence-electron chi connectivity index (χ4n) is 2.71. The molecule has 9 heteroatoms.